The third kappa shape index (κ3) is 6.90. The number of halogens is 2. The van der Waals surface area contributed by atoms with Crippen LogP contribution in [0.1, 0.15) is 45.4 Å². The van der Waals surface area contributed by atoms with E-state index in [0.717, 1.165) is 70.7 Å². The smallest absolute Gasteiger partial charge is 0.237 e. The highest BCUT2D eigenvalue weighted by Gasteiger charge is 2.41. The van der Waals surface area contributed by atoms with Gasteiger partial charge >= 0.3 is 0 Å². The number of nitrogens with zero attached hydrogens (tertiary/aromatic N) is 1. The summed E-state index contributed by atoms with van der Waals surface area (Å²) in [6, 6.07) is 0.00353. The van der Waals surface area contributed by atoms with Gasteiger partial charge in [-0.1, -0.05) is 6.92 Å². The lowest BCUT2D eigenvalue weighted by molar-refractivity contribution is -0.125. The van der Waals surface area contributed by atoms with Crippen LogP contribution in [0.25, 0.3) is 0 Å². The van der Waals surface area contributed by atoms with Gasteiger partial charge in [-0.25, -0.2) is 0 Å². The van der Waals surface area contributed by atoms with Crippen LogP contribution in [0.3, 0.4) is 0 Å². The predicted octanol–water partition coefficient (Wildman–Crippen LogP) is 1.62. The summed E-state index contributed by atoms with van der Waals surface area (Å²) in [7, 11) is 1.77. The lowest BCUT2D eigenvalue weighted by atomic mass is 9.77. The average Bonchev–Trinajstić information content (AvgIpc) is 3.37. The number of carbonyl (C=O) groups excluding carboxylic acids is 1. The van der Waals surface area contributed by atoms with Gasteiger partial charge in [0, 0.05) is 50.6 Å². The molecule has 1 aliphatic carbocycles. The molecular weight excluding hydrogens is 475 g/mol. The number of amides is 1. The van der Waals surface area contributed by atoms with Crippen molar-refractivity contribution in [3.8, 4) is 0 Å². The number of hydrogen-bond acceptors (Lipinski definition) is 7. The van der Waals surface area contributed by atoms with Crippen LogP contribution in [-0.2, 0) is 9.53 Å². The van der Waals surface area contributed by atoms with Crippen molar-refractivity contribution < 1.29 is 9.53 Å². The second kappa shape index (κ2) is 12.4. The molecule has 4 aliphatic rings. The van der Waals surface area contributed by atoms with Gasteiger partial charge in [-0.2, -0.15) is 0 Å². The van der Waals surface area contributed by atoms with E-state index >= 15 is 0 Å². The number of rotatable bonds is 7. The molecule has 3 aliphatic heterocycles. The first-order valence-electron chi connectivity index (χ1n) is 13.0. The molecule has 9 atom stereocenters. The molecule has 34 heavy (non-hydrogen) atoms. The highest BCUT2D eigenvalue weighted by molar-refractivity contribution is 6.30. The molecule has 2 saturated heterocycles. The van der Waals surface area contributed by atoms with Crippen LogP contribution in [0.5, 0.6) is 0 Å². The van der Waals surface area contributed by atoms with Crippen molar-refractivity contribution in [2.75, 3.05) is 39.8 Å². The first-order valence-corrected chi connectivity index (χ1v) is 13.9. The molecule has 1 saturated carbocycles. The zero-order chi connectivity index (χ0) is 24.1. The van der Waals surface area contributed by atoms with E-state index in [1.807, 2.05) is 0 Å². The van der Waals surface area contributed by atoms with E-state index in [9.17, 15) is 4.79 Å². The summed E-state index contributed by atoms with van der Waals surface area (Å²) in [5, 5.41) is 17.3. The number of aliphatic imine (C=N–C) groups is 1. The summed E-state index contributed by atoms with van der Waals surface area (Å²) >= 11 is 12.7. The van der Waals surface area contributed by atoms with E-state index in [1.165, 1.54) is 0 Å². The molecule has 0 spiro atoms. The quantitative estimate of drug-likeness (QED) is 0.330. The second-order valence-corrected chi connectivity index (χ2v) is 11.8. The van der Waals surface area contributed by atoms with E-state index in [1.54, 1.807) is 7.11 Å². The number of piperidine rings is 2. The molecule has 0 aromatic rings. The summed E-state index contributed by atoms with van der Waals surface area (Å²) in [5.41, 5.74) is 0. The van der Waals surface area contributed by atoms with E-state index < -0.39 is 0 Å². The first kappa shape index (κ1) is 26.3. The maximum atomic E-state index is 13.3. The van der Waals surface area contributed by atoms with Crippen LogP contribution in [0.2, 0.25) is 0 Å². The summed E-state index contributed by atoms with van der Waals surface area (Å²) in [5.74, 6) is 2.65. The Hall–Kier alpha value is -0.800. The van der Waals surface area contributed by atoms with Crippen LogP contribution in [-0.4, -0.2) is 80.8 Å². The molecule has 10 heteroatoms. The molecule has 3 fully saturated rings. The molecule has 0 aromatic heterocycles. The second-order valence-electron chi connectivity index (χ2n) is 10.7. The molecule has 194 valence electrons. The number of ether oxygens (including phenoxy) is 1. The minimum absolute atomic E-state index is 0.0103. The molecule has 4 rings (SSSR count). The number of alkyl halides is 2. The molecule has 0 radical (unpaired) electrons. The van der Waals surface area contributed by atoms with Crippen molar-refractivity contribution in [1.29, 1.82) is 0 Å². The zero-order valence-electron chi connectivity index (χ0n) is 20.5. The van der Waals surface area contributed by atoms with E-state index in [4.69, 9.17) is 27.9 Å². The third-order valence-corrected chi connectivity index (χ3v) is 9.12. The van der Waals surface area contributed by atoms with Crippen molar-refractivity contribution in [1.82, 2.24) is 26.6 Å². The van der Waals surface area contributed by atoms with E-state index in [0.29, 0.717) is 30.2 Å². The highest BCUT2D eigenvalue weighted by Crippen LogP contribution is 2.33. The topological polar surface area (TPSA) is 98.8 Å². The van der Waals surface area contributed by atoms with Crippen molar-refractivity contribution >= 4 is 35.1 Å². The fourth-order valence-corrected chi connectivity index (χ4v) is 6.68. The van der Waals surface area contributed by atoms with Gasteiger partial charge in [0.2, 0.25) is 5.91 Å². The molecule has 1 amide bonds. The van der Waals surface area contributed by atoms with Crippen molar-refractivity contribution in [2.45, 2.75) is 74.5 Å². The number of guanidine groups is 1. The first-order chi connectivity index (χ1) is 16.4. The van der Waals surface area contributed by atoms with Crippen LogP contribution >= 0.6 is 23.2 Å². The lowest BCUT2D eigenvalue weighted by Crippen LogP contribution is -2.61. The number of methoxy groups -OCH3 is 1. The van der Waals surface area contributed by atoms with E-state index in [-0.39, 0.29) is 35.0 Å². The standard InChI is InChI=1S/C24H42Cl2N6O2/c1-14-7-17(23(34-2)30-11-14)20-9-16(13-31-24-27-5-6-28-24)10-21(32-20)22(33)29-12-15-3-4-18(25)19(26)8-15/h14-21,23,30,32H,3-13H2,1-2H3,(H,29,33)(H2,27,28,31). The fraction of sp³-hybridized carbons (Fsp3) is 0.917. The Bertz CT molecular complexity index is 713. The summed E-state index contributed by atoms with van der Waals surface area (Å²) in [6.45, 7) is 6.43. The maximum absolute atomic E-state index is 13.3. The SMILES string of the molecule is COC1NCC(C)CC1C1CC(CNC2=NCCN2)CC(C(=O)NCC2CCC(Cl)C(Cl)C2)N1. The fourth-order valence-electron chi connectivity index (χ4n) is 6.08. The molecular formula is C24H42Cl2N6O2. The van der Waals surface area contributed by atoms with Crippen LogP contribution < -0.4 is 26.6 Å². The maximum Gasteiger partial charge on any atom is 0.237 e. The van der Waals surface area contributed by atoms with E-state index in [2.05, 4.69) is 38.5 Å². The van der Waals surface area contributed by atoms with Crippen LogP contribution in [0.4, 0.5) is 0 Å². The Balaban J connectivity index is 1.38. The van der Waals surface area contributed by atoms with Gasteiger partial charge in [0.25, 0.3) is 0 Å². The summed E-state index contributed by atoms with van der Waals surface area (Å²) in [6.07, 6.45) is 5.71. The highest BCUT2D eigenvalue weighted by atomic mass is 35.5. The molecule has 0 aromatic carbocycles. The largest absolute Gasteiger partial charge is 0.366 e. The Morgan fingerprint density at radius 2 is 1.97 bits per heavy atom. The average molecular weight is 518 g/mol. The van der Waals surface area contributed by atoms with Crippen LogP contribution in [0.15, 0.2) is 4.99 Å². The number of nitrogens with one attached hydrogen (secondary N) is 5. The van der Waals surface area contributed by atoms with Gasteiger partial charge in [0.1, 0.15) is 6.23 Å². The molecule has 9 unspecified atom stereocenters. The number of hydrogen-bond donors (Lipinski definition) is 5. The van der Waals surface area contributed by atoms with Gasteiger partial charge < -0.3 is 26.0 Å². The lowest BCUT2D eigenvalue weighted by Gasteiger charge is -2.45. The minimum Gasteiger partial charge on any atom is -0.366 e. The number of carbonyl (C=O) groups is 1. The van der Waals surface area contributed by atoms with Gasteiger partial charge in [0.05, 0.1) is 18.0 Å². The minimum atomic E-state index is -0.213. The Morgan fingerprint density at radius 3 is 2.71 bits per heavy atom. The summed E-state index contributed by atoms with van der Waals surface area (Å²) < 4.78 is 5.80. The molecule has 8 nitrogen and oxygen atoms in total. The monoisotopic (exact) mass is 516 g/mol. The van der Waals surface area contributed by atoms with Crippen molar-refractivity contribution in [2.24, 2.45) is 28.7 Å². The summed E-state index contributed by atoms with van der Waals surface area (Å²) in [4.78, 5) is 17.8. The molecule has 0 bridgehead atoms. The molecule has 3 heterocycles. The molecule has 5 N–H and O–H groups in total. The van der Waals surface area contributed by atoms with Crippen LogP contribution in [0, 0.1) is 23.7 Å². The Kier molecular flexibility index (Phi) is 9.61. The van der Waals surface area contributed by atoms with Gasteiger partial charge in [-0.05, 0) is 56.3 Å². The Morgan fingerprint density at radius 1 is 1.12 bits per heavy atom. The predicted molar refractivity (Wildman–Crippen MR) is 137 cm³/mol. The van der Waals surface area contributed by atoms with Gasteiger partial charge in [-0.3, -0.25) is 15.1 Å². The van der Waals surface area contributed by atoms with Crippen molar-refractivity contribution in [3.05, 3.63) is 0 Å². The Labute approximate surface area is 214 Å². The van der Waals surface area contributed by atoms with Gasteiger partial charge in [0.15, 0.2) is 5.96 Å². The van der Waals surface area contributed by atoms with Gasteiger partial charge in [-0.15, -0.1) is 23.2 Å². The third-order valence-electron chi connectivity index (χ3n) is 7.99. The zero-order valence-corrected chi connectivity index (χ0v) is 22.0. The van der Waals surface area contributed by atoms with Crippen molar-refractivity contribution in [3.63, 3.8) is 0 Å². The normalized spacial score (nSPS) is 40.8.